The quantitative estimate of drug-likeness (QED) is 0.0943. The number of ether oxygens (including phenoxy) is 4. The van der Waals surface area contributed by atoms with Crippen LogP contribution in [0.2, 0.25) is 0 Å². The summed E-state index contributed by atoms with van der Waals surface area (Å²) >= 11 is 0. The van der Waals surface area contributed by atoms with Gasteiger partial charge in [-0.1, -0.05) is 94.4 Å². The third kappa shape index (κ3) is 7.62. The van der Waals surface area contributed by atoms with E-state index >= 15 is 4.79 Å². The molecule has 11 atom stereocenters. The highest BCUT2D eigenvalue weighted by Gasteiger charge is 2.77. The summed E-state index contributed by atoms with van der Waals surface area (Å²) in [6, 6.07) is 23.3. The molecule has 3 aromatic rings. The van der Waals surface area contributed by atoms with Crippen molar-refractivity contribution in [3.8, 4) is 0 Å². The Labute approximate surface area is 372 Å². The largest absolute Gasteiger partial charge is 0.481 e. The average molecular weight is 880 g/mol. The molecule has 3 fully saturated rings. The zero-order chi connectivity index (χ0) is 46.6. The number of amides is 1. The number of carboxylic acids is 1. The van der Waals surface area contributed by atoms with E-state index in [2.05, 4.69) is 5.32 Å². The molecule has 7 rings (SSSR count). The van der Waals surface area contributed by atoms with E-state index in [0.717, 1.165) is 0 Å². The van der Waals surface area contributed by atoms with Crippen molar-refractivity contribution in [2.24, 2.45) is 28.1 Å². The lowest BCUT2D eigenvalue weighted by molar-refractivity contribution is -0.353. The number of ketones is 1. The molecule has 4 aliphatic rings. The second-order valence-electron chi connectivity index (χ2n) is 19.0. The molecule has 64 heavy (non-hydrogen) atoms. The normalized spacial score (nSPS) is 32.5. The van der Waals surface area contributed by atoms with Crippen molar-refractivity contribution in [3.63, 3.8) is 0 Å². The predicted molar refractivity (Wildman–Crippen MR) is 230 cm³/mol. The highest BCUT2D eigenvalue weighted by Crippen LogP contribution is 2.69. The van der Waals surface area contributed by atoms with Crippen LogP contribution >= 0.6 is 0 Å². The summed E-state index contributed by atoms with van der Waals surface area (Å²) in [7, 11) is 0. The number of Topliss-reactive ketones (excluding diaryl/α,β-unsaturated/α-hetero) is 1. The molecular formula is C50H57NO13. The third-order valence-electron chi connectivity index (χ3n) is 15.1. The van der Waals surface area contributed by atoms with Gasteiger partial charge in [0.15, 0.2) is 0 Å². The second-order valence-corrected chi connectivity index (χ2v) is 19.0. The van der Waals surface area contributed by atoms with E-state index < -0.39 is 112 Å². The zero-order valence-corrected chi connectivity index (χ0v) is 37.2. The molecular weight excluding hydrogens is 823 g/mol. The van der Waals surface area contributed by atoms with Crippen LogP contribution in [0.5, 0.6) is 0 Å². The van der Waals surface area contributed by atoms with Crippen molar-refractivity contribution in [2.75, 3.05) is 6.61 Å². The summed E-state index contributed by atoms with van der Waals surface area (Å²) in [5.41, 5.74) is -5.30. The van der Waals surface area contributed by atoms with Crippen LogP contribution in [0, 0.1) is 28.1 Å². The summed E-state index contributed by atoms with van der Waals surface area (Å²) < 4.78 is 24.8. The maximum absolute atomic E-state index is 15.4. The van der Waals surface area contributed by atoms with Crippen LogP contribution in [-0.4, -0.2) is 93.1 Å². The number of hydrogen-bond acceptors (Lipinski definition) is 12. The molecule has 0 unspecified atom stereocenters. The fourth-order valence-electron chi connectivity index (χ4n) is 11.2. The summed E-state index contributed by atoms with van der Waals surface area (Å²) in [5.74, 6) is -7.20. The van der Waals surface area contributed by atoms with Crippen molar-refractivity contribution in [1.82, 2.24) is 5.32 Å². The van der Waals surface area contributed by atoms with Gasteiger partial charge in [0.1, 0.15) is 29.6 Å². The summed E-state index contributed by atoms with van der Waals surface area (Å²) in [6.45, 7) is 12.5. The molecule has 0 radical (unpaired) electrons. The molecule has 3 aliphatic carbocycles. The first-order valence-corrected chi connectivity index (χ1v) is 21.7. The number of rotatable bonds is 12. The topological polar surface area (TPSA) is 212 Å². The van der Waals surface area contributed by atoms with Gasteiger partial charge < -0.3 is 39.6 Å². The van der Waals surface area contributed by atoms with Crippen molar-refractivity contribution in [3.05, 3.63) is 119 Å². The van der Waals surface area contributed by atoms with Crippen LogP contribution in [0.15, 0.2) is 102 Å². The third-order valence-corrected chi connectivity index (χ3v) is 15.1. The number of nitrogens with one attached hydrogen (secondary N) is 1. The number of aliphatic hydroxyl groups is 2. The Kier molecular flexibility index (Phi) is 12.3. The van der Waals surface area contributed by atoms with Crippen LogP contribution in [0.25, 0.3) is 0 Å². The van der Waals surface area contributed by atoms with Gasteiger partial charge in [0, 0.05) is 41.1 Å². The van der Waals surface area contributed by atoms with E-state index in [9.17, 15) is 39.3 Å². The van der Waals surface area contributed by atoms with Gasteiger partial charge in [0.25, 0.3) is 5.91 Å². The number of aliphatic carboxylic acids is 1. The summed E-state index contributed by atoms with van der Waals surface area (Å²) in [5, 5.41) is 38.1. The van der Waals surface area contributed by atoms with E-state index in [1.807, 2.05) is 13.8 Å². The van der Waals surface area contributed by atoms with Gasteiger partial charge in [0.05, 0.1) is 42.1 Å². The average Bonchev–Trinajstić information content (AvgIpc) is 3.27. The van der Waals surface area contributed by atoms with E-state index in [0.29, 0.717) is 16.7 Å². The summed E-state index contributed by atoms with van der Waals surface area (Å²) in [6.07, 6.45) is -7.45. The van der Waals surface area contributed by atoms with Crippen LogP contribution in [0.1, 0.15) is 106 Å². The minimum atomic E-state index is -2.11. The Hall–Kier alpha value is -5.70. The zero-order valence-electron chi connectivity index (χ0n) is 37.2. The molecule has 14 nitrogen and oxygen atoms in total. The maximum Gasteiger partial charge on any atom is 0.350 e. The minimum Gasteiger partial charge on any atom is -0.481 e. The molecule has 340 valence electrons. The highest BCUT2D eigenvalue weighted by molar-refractivity contribution is 5.95. The van der Waals surface area contributed by atoms with E-state index in [4.69, 9.17) is 18.9 Å². The van der Waals surface area contributed by atoms with Crippen LogP contribution in [-0.2, 0) is 38.1 Å². The number of benzene rings is 3. The molecule has 0 spiro atoms. The molecule has 1 amide bonds. The Morgan fingerprint density at radius 3 is 1.97 bits per heavy atom. The van der Waals surface area contributed by atoms with E-state index in [1.54, 1.807) is 126 Å². The highest BCUT2D eigenvalue weighted by atomic mass is 16.6. The monoisotopic (exact) mass is 879 g/mol. The molecule has 3 aromatic carbocycles. The van der Waals surface area contributed by atoms with Gasteiger partial charge in [-0.25, -0.2) is 9.59 Å². The van der Waals surface area contributed by atoms with Crippen molar-refractivity contribution >= 4 is 35.6 Å². The SMILES string of the molecule is CC1=C2[C@@H](C)C(=O)[C@]3(C)[C@@H](O)C[C@@]4(C)OC[C@@]4(C)[C@H]3[C@H](OC(=O)c3ccccc3)[C@](O)(C[C@@H]1OC(=O)[C@H](OC(=O)CCC(=O)O)[C@@H](NC(=O)c1ccccc1)c1ccccc1)C2(C)C. The van der Waals surface area contributed by atoms with Gasteiger partial charge in [-0.3, -0.25) is 19.2 Å². The number of carbonyl (C=O) groups is 6. The number of carbonyl (C=O) groups excluding carboxylic acids is 5. The number of aliphatic hydroxyl groups excluding tert-OH is 1. The number of fused-ring (bicyclic) bond motifs is 5. The molecule has 2 bridgehead atoms. The first kappa shape index (κ1) is 46.3. The number of carboxylic acid groups (broad SMARTS) is 1. The lowest BCUT2D eigenvalue weighted by Gasteiger charge is -2.71. The standard InChI is InChI=1S/C50H57NO13/c1-28-33(62-45(59)39(63-36(55)24-23-35(53)54)38(30-17-11-8-12-18-30)51-43(57)31-19-13-9-14-20-31)25-50(60)42(64-44(58)32-21-15-10-16-22-32)40-47(5)27-61-48(47,6)26-34(52)49(40,7)41(56)29(2)37(28)46(50,3)4/h8-22,29,33-34,38-40,42,52,60H,23-27H2,1-7H3,(H,51,57)(H,53,54)/t29-,33+,34+,38+,39-,40-,42+,47+,48-,49-,50-/m1/s1. The number of esters is 3. The molecule has 1 saturated heterocycles. The van der Waals surface area contributed by atoms with Gasteiger partial charge in [-0.15, -0.1) is 0 Å². The fraction of sp³-hybridized carbons (Fsp3) is 0.480. The Balaban J connectivity index is 1.36. The van der Waals surface area contributed by atoms with Gasteiger partial charge >= 0.3 is 23.9 Å². The van der Waals surface area contributed by atoms with Crippen molar-refractivity contribution < 1.29 is 63.0 Å². The maximum atomic E-state index is 15.4. The second kappa shape index (κ2) is 17.0. The first-order valence-electron chi connectivity index (χ1n) is 21.7. The summed E-state index contributed by atoms with van der Waals surface area (Å²) in [4.78, 5) is 83.2. The molecule has 14 heteroatoms. The van der Waals surface area contributed by atoms with Crippen LogP contribution in [0.3, 0.4) is 0 Å². The Morgan fingerprint density at radius 2 is 1.41 bits per heavy atom. The van der Waals surface area contributed by atoms with Gasteiger partial charge in [0.2, 0.25) is 6.10 Å². The number of hydrogen-bond donors (Lipinski definition) is 4. The lowest BCUT2D eigenvalue weighted by Crippen LogP contribution is -2.80. The Morgan fingerprint density at radius 1 is 0.828 bits per heavy atom. The van der Waals surface area contributed by atoms with E-state index in [-0.39, 0.29) is 36.4 Å². The predicted octanol–water partition coefficient (Wildman–Crippen LogP) is 5.95. The fourth-order valence-corrected chi connectivity index (χ4v) is 11.2. The molecule has 0 aromatic heterocycles. The van der Waals surface area contributed by atoms with Gasteiger partial charge in [-0.05, 0) is 61.7 Å². The van der Waals surface area contributed by atoms with E-state index in [1.165, 1.54) is 0 Å². The van der Waals surface area contributed by atoms with Crippen LogP contribution < -0.4 is 5.32 Å². The van der Waals surface area contributed by atoms with Gasteiger partial charge in [-0.2, -0.15) is 0 Å². The van der Waals surface area contributed by atoms with Crippen molar-refractivity contribution in [1.29, 1.82) is 0 Å². The van der Waals surface area contributed by atoms with Crippen molar-refractivity contribution in [2.45, 2.75) is 116 Å². The molecule has 1 heterocycles. The molecule has 4 N–H and O–H groups in total. The Bertz CT molecular complexity index is 2350. The lowest BCUT2D eigenvalue weighted by atomic mass is 9.39. The minimum absolute atomic E-state index is 0.115. The van der Waals surface area contributed by atoms with Crippen LogP contribution in [0.4, 0.5) is 0 Å². The smallest absolute Gasteiger partial charge is 0.350 e. The molecule has 2 saturated carbocycles. The first-order chi connectivity index (χ1) is 30.1. The molecule has 1 aliphatic heterocycles.